The van der Waals surface area contributed by atoms with Crippen molar-refractivity contribution in [2.24, 2.45) is 0 Å². The van der Waals surface area contributed by atoms with Crippen molar-refractivity contribution in [1.29, 1.82) is 0 Å². The van der Waals surface area contributed by atoms with Gasteiger partial charge in [-0.2, -0.15) is 0 Å². The van der Waals surface area contributed by atoms with Crippen molar-refractivity contribution in [1.82, 2.24) is 4.90 Å². The lowest BCUT2D eigenvalue weighted by atomic mass is 10.1. The van der Waals surface area contributed by atoms with Crippen molar-refractivity contribution >= 4 is 11.9 Å². The predicted octanol–water partition coefficient (Wildman–Crippen LogP) is 2.84. The summed E-state index contributed by atoms with van der Waals surface area (Å²) in [5, 5.41) is 0. The Bertz CT molecular complexity index is 806. The fraction of sp³-hybridized carbons (Fsp3) is 0.333. The Morgan fingerprint density at radius 1 is 0.929 bits per heavy atom. The first-order valence-corrected chi connectivity index (χ1v) is 8.66. The number of rotatable bonds is 8. The van der Waals surface area contributed by atoms with E-state index in [-0.39, 0.29) is 18.1 Å². The molecule has 0 radical (unpaired) electrons. The SMILES string of the molecule is COc1cc(C(=O)OCC(=O)N(C)Cc2ccc(C)cc2)cc(OC)c1OC. The summed E-state index contributed by atoms with van der Waals surface area (Å²) in [7, 11) is 6.04. The second kappa shape index (κ2) is 9.64. The number of hydrogen-bond acceptors (Lipinski definition) is 6. The normalized spacial score (nSPS) is 10.2. The molecule has 0 atom stereocenters. The van der Waals surface area contributed by atoms with Crippen LogP contribution in [-0.4, -0.2) is 51.8 Å². The molecule has 0 aliphatic heterocycles. The molecule has 2 aromatic rings. The molecular formula is C21H25NO6. The second-order valence-electron chi connectivity index (χ2n) is 6.23. The minimum absolute atomic E-state index is 0.198. The monoisotopic (exact) mass is 387 g/mol. The van der Waals surface area contributed by atoms with Crippen molar-refractivity contribution in [3.63, 3.8) is 0 Å². The number of aryl methyl sites for hydroxylation is 1. The van der Waals surface area contributed by atoms with Crippen LogP contribution in [-0.2, 0) is 16.1 Å². The minimum atomic E-state index is -0.656. The molecule has 0 heterocycles. The van der Waals surface area contributed by atoms with Gasteiger partial charge >= 0.3 is 5.97 Å². The zero-order valence-corrected chi connectivity index (χ0v) is 16.8. The number of nitrogens with zero attached hydrogens (tertiary/aromatic N) is 1. The summed E-state index contributed by atoms with van der Waals surface area (Å²) in [5.41, 5.74) is 2.35. The van der Waals surface area contributed by atoms with Crippen LogP contribution in [0.25, 0.3) is 0 Å². The van der Waals surface area contributed by atoms with Crippen LogP contribution in [0.4, 0.5) is 0 Å². The van der Waals surface area contributed by atoms with Gasteiger partial charge in [0.25, 0.3) is 5.91 Å². The lowest BCUT2D eigenvalue weighted by molar-refractivity contribution is -0.133. The number of amides is 1. The Labute approximate surface area is 164 Å². The fourth-order valence-corrected chi connectivity index (χ4v) is 2.58. The molecule has 0 unspecified atom stereocenters. The summed E-state index contributed by atoms with van der Waals surface area (Å²) >= 11 is 0. The van der Waals surface area contributed by atoms with E-state index in [0.29, 0.717) is 23.8 Å². The van der Waals surface area contributed by atoms with E-state index >= 15 is 0 Å². The smallest absolute Gasteiger partial charge is 0.338 e. The van der Waals surface area contributed by atoms with Crippen molar-refractivity contribution < 1.29 is 28.5 Å². The van der Waals surface area contributed by atoms with Crippen LogP contribution in [0.2, 0.25) is 0 Å². The third-order valence-electron chi connectivity index (χ3n) is 4.19. The summed E-state index contributed by atoms with van der Waals surface area (Å²) < 4.78 is 20.8. The summed E-state index contributed by atoms with van der Waals surface area (Å²) in [4.78, 5) is 26.1. The van der Waals surface area contributed by atoms with E-state index in [0.717, 1.165) is 11.1 Å². The number of carbonyl (C=O) groups excluding carboxylic acids is 2. The molecular weight excluding hydrogens is 362 g/mol. The molecule has 2 rings (SSSR count). The number of benzene rings is 2. The van der Waals surface area contributed by atoms with Crippen LogP contribution >= 0.6 is 0 Å². The molecule has 7 nitrogen and oxygen atoms in total. The first-order valence-electron chi connectivity index (χ1n) is 8.66. The summed E-state index contributed by atoms with van der Waals surface area (Å²) in [5.74, 6) is 0.0707. The highest BCUT2D eigenvalue weighted by molar-refractivity contribution is 5.92. The van der Waals surface area contributed by atoms with Gasteiger partial charge in [-0.25, -0.2) is 4.79 Å². The lowest BCUT2D eigenvalue weighted by Crippen LogP contribution is -2.30. The van der Waals surface area contributed by atoms with Gasteiger partial charge in [0.15, 0.2) is 18.1 Å². The molecule has 0 fully saturated rings. The topological polar surface area (TPSA) is 74.3 Å². The van der Waals surface area contributed by atoms with Gasteiger partial charge in [-0.05, 0) is 24.6 Å². The molecule has 1 amide bonds. The summed E-state index contributed by atoms with van der Waals surface area (Å²) in [6, 6.07) is 10.8. The number of ether oxygens (including phenoxy) is 4. The lowest BCUT2D eigenvalue weighted by Gasteiger charge is -2.18. The predicted molar refractivity (Wildman–Crippen MR) is 104 cm³/mol. The van der Waals surface area contributed by atoms with Crippen LogP contribution in [0, 0.1) is 6.92 Å². The van der Waals surface area contributed by atoms with Crippen LogP contribution < -0.4 is 14.2 Å². The maximum atomic E-state index is 12.4. The third-order valence-corrected chi connectivity index (χ3v) is 4.19. The maximum Gasteiger partial charge on any atom is 0.338 e. The van der Waals surface area contributed by atoms with Gasteiger partial charge in [-0.1, -0.05) is 29.8 Å². The van der Waals surface area contributed by atoms with Gasteiger partial charge in [0.05, 0.1) is 26.9 Å². The van der Waals surface area contributed by atoms with Gasteiger partial charge in [-0.15, -0.1) is 0 Å². The Hall–Kier alpha value is -3.22. The molecule has 7 heteroatoms. The van der Waals surface area contributed by atoms with Crippen molar-refractivity contribution in [3.8, 4) is 17.2 Å². The number of carbonyl (C=O) groups is 2. The maximum absolute atomic E-state index is 12.4. The van der Waals surface area contributed by atoms with E-state index in [2.05, 4.69) is 0 Å². The van der Waals surface area contributed by atoms with Gasteiger partial charge in [-0.3, -0.25) is 4.79 Å². The highest BCUT2D eigenvalue weighted by atomic mass is 16.5. The molecule has 0 spiro atoms. The average molecular weight is 387 g/mol. The highest BCUT2D eigenvalue weighted by Crippen LogP contribution is 2.38. The molecule has 0 saturated carbocycles. The molecule has 0 saturated heterocycles. The van der Waals surface area contributed by atoms with E-state index in [1.807, 2.05) is 31.2 Å². The summed E-state index contributed by atoms with van der Waals surface area (Å²) in [6.07, 6.45) is 0. The molecule has 0 aliphatic rings. The Kier molecular flexibility index (Phi) is 7.26. The zero-order chi connectivity index (χ0) is 20.7. The third kappa shape index (κ3) is 5.16. The van der Waals surface area contributed by atoms with Crippen molar-refractivity contribution in [2.45, 2.75) is 13.5 Å². The van der Waals surface area contributed by atoms with Crippen molar-refractivity contribution in [2.75, 3.05) is 35.0 Å². The quantitative estimate of drug-likeness (QED) is 0.649. The van der Waals surface area contributed by atoms with Gasteiger partial charge in [0, 0.05) is 13.6 Å². The van der Waals surface area contributed by atoms with Crippen LogP contribution in [0.15, 0.2) is 36.4 Å². The molecule has 0 aromatic heterocycles. The first-order chi connectivity index (χ1) is 13.4. The van der Waals surface area contributed by atoms with Crippen LogP contribution in [0.1, 0.15) is 21.5 Å². The fourth-order valence-electron chi connectivity index (χ4n) is 2.58. The average Bonchev–Trinajstić information content (AvgIpc) is 2.71. The molecule has 2 aromatic carbocycles. The van der Waals surface area contributed by atoms with E-state index in [4.69, 9.17) is 18.9 Å². The highest BCUT2D eigenvalue weighted by Gasteiger charge is 2.19. The van der Waals surface area contributed by atoms with Gasteiger partial charge in [0.1, 0.15) is 0 Å². The number of esters is 1. The number of methoxy groups -OCH3 is 3. The molecule has 150 valence electrons. The number of hydrogen-bond donors (Lipinski definition) is 0. The van der Waals surface area contributed by atoms with E-state index < -0.39 is 5.97 Å². The van der Waals surface area contributed by atoms with Crippen molar-refractivity contribution in [3.05, 3.63) is 53.1 Å². The van der Waals surface area contributed by atoms with Crippen LogP contribution in [0.3, 0.4) is 0 Å². The van der Waals surface area contributed by atoms with E-state index in [1.165, 1.54) is 38.4 Å². The van der Waals surface area contributed by atoms with Gasteiger partial charge in [0.2, 0.25) is 5.75 Å². The first kappa shape index (κ1) is 21.1. The number of likely N-dealkylation sites (N-methyl/N-ethyl adjacent to an activating group) is 1. The zero-order valence-electron chi connectivity index (χ0n) is 16.8. The molecule has 28 heavy (non-hydrogen) atoms. The standard InChI is InChI=1S/C21H25NO6/c1-14-6-8-15(9-7-14)12-22(2)19(23)13-28-21(24)16-10-17(25-3)20(27-5)18(11-16)26-4/h6-11H,12-13H2,1-5H3. The van der Waals surface area contributed by atoms with E-state index in [1.54, 1.807) is 7.05 Å². The molecule has 0 N–H and O–H groups in total. The Morgan fingerprint density at radius 2 is 1.50 bits per heavy atom. The Balaban J connectivity index is 2.00. The second-order valence-corrected chi connectivity index (χ2v) is 6.23. The Morgan fingerprint density at radius 3 is 2.00 bits per heavy atom. The summed E-state index contributed by atoms with van der Waals surface area (Å²) in [6.45, 7) is 2.07. The minimum Gasteiger partial charge on any atom is -0.493 e. The van der Waals surface area contributed by atoms with Crippen LogP contribution in [0.5, 0.6) is 17.2 Å². The molecule has 0 bridgehead atoms. The largest absolute Gasteiger partial charge is 0.493 e. The molecule has 0 aliphatic carbocycles. The van der Waals surface area contributed by atoms with Gasteiger partial charge < -0.3 is 23.8 Å². The van der Waals surface area contributed by atoms with E-state index in [9.17, 15) is 9.59 Å².